The summed E-state index contributed by atoms with van der Waals surface area (Å²) in [5, 5.41) is 6.30. The van der Waals surface area contributed by atoms with Gasteiger partial charge in [0.15, 0.2) is 0 Å². The van der Waals surface area contributed by atoms with E-state index in [-0.39, 0.29) is 23.7 Å². The molecule has 4 nitrogen and oxygen atoms in total. The van der Waals surface area contributed by atoms with E-state index in [9.17, 15) is 9.18 Å². The lowest BCUT2D eigenvalue weighted by atomic mass is 9.90. The Hall–Kier alpha value is -1.79. The molecule has 0 radical (unpaired) electrons. The standard InChI is InChI=1S/C22H28FN3OS/c23-19-10-4-3-8-17(19)14-26-12-5-9-18(15-26)20(22-24-11-13-28-22)25-21(27)16-6-1-2-7-16/h3-4,8,10-11,13,16,18,20H,1-2,5-7,9,12,14-15H2,(H,25,27)/t18-,20-/m0/s1. The summed E-state index contributed by atoms with van der Waals surface area (Å²) in [4.78, 5) is 19.6. The lowest BCUT2D eigenvalue weighted by Crippen LogP contribution is -2.44. The molecule has 6 heteroatoms. The van der Waals surface area contributed by atoms with Gasteiger partial charge in [-0.05, 0) is 44.2 Å². The van der Waals surface area contributed by atoms with Crippen LogP contribution in [-0.4, -0.2) is 28.9 Å². The number of carbonyl (C=O) groups is 1. The van der Waals surface area contributed by atoms with Crippen molar-refractivity contribution in [1.82, 2.24) is 15.2 Å². The van der Waals surface area contributed by atoms with Gasteiger partial charge < -0.3 is 5.32 Å². The van der Waals surface area contributed by atoms with Crippen LogP contribution in [0.5, 0.6) is 0 Å². The molecule has 0 bridgehead atoms. The monoisotopic (exact) mass is 401 g/mol. The van der Waals surface area contributed by atoms with Crippen LogP contribution in [-0.2, 0) is 11.3 Å². The van der Waals surface area contributed by atoms with Crippen molar-refractivity contribution in [3.63, 3.8) is 0 Å². The van der Waals surface area contributed by atoms with Crippen LogP contribution in [0.1, 0.15) is 55.1 Å². The molecular weight excluding hydrogens is 373 g/mol. The predicted octanol–water partition coefficient (Wildman–Crippen LogP) is 4.54. The molecular formula is C22H28FN3OS. The van der Waals surface area contributed by atoms with E-state index in [4.69, 9.17) is 0 Å². The zero-order valence-corrected chi connectivity index (χ0v) is 17.0. The summed E-state index contributed by atoms with van der Waals surface area (Å²) >= 11 is 1.61. The number of amides is 1. The fourth-order valence-corrected chi connectivity index (χ4v) is 5.38. The first kappa shape index (κ1) is 19.5. The van der Waals surface area contributed by atoms with Crippen molar-refractivity contribution in [3.05, 3.63) is 52.2 Å². The molecule has 0 unspecified atom stereocenters. The Morgan fingerprint density at radius 3 is 2.82 bits per heavy atom. The highest BCUT2D eigenvalue weighted by molar-refractivity contribution is 7.09. The van der Waals surface area contributed by atoms with Gasteiger partial charge in [-0.15, -0.1) is 11.3 Å². The van der Waals surface area contributed by atoms with E-state index in [1.807, 2.05) is 23.7 Å². The zero-order valence-electron chi connectivity index (χ0n) is 16.1. The smallest absolute Gasteiger partial charge is 0.223 e. The summed E-state index contributed by atoms with van der Waals surface area (Å²) < 4.78 is 14.1. The van der Waals surface area contributed by atoms with Gasteiger partial charge in [0.25, 0.3) is 0 Å². The molecule has 0 spiro atoms. The van der Waals surface area contributed by atoms with Crippen molar-refractivity contribution in [2.75, 3.05) is 13.1 Å². The first-order valence-electron chi connectivity index (χ1n) is 10.4. The minimum Gasteiger partial charge on any atom is -0.346 e. The van der Waals surface area contributed by atoms with Crippen molar-refractivity contribution in [2.45, 2.75) is 51.1 Å². The summed E-state index contributed by atoms with van der Waals surface area (Å²) in [6, 6.07) is 6.96. The molecule has 1 saturated carbocycles. The molecule has 1 aromatic carbocycles. The van der Waals surface area contributed by atoms with Gasteiger partial charge in [0, 0.05) is 36.1 Å². The van der Waals surface area contributed by atoms with Crippen LogP contribution in [0.2, 0.25) is 0 Å². The molecule has 2 fully saturated rings. The number of rotatable bonds is 6. The third-order valence-electron chi connectivity index (χ3n) is 6.11. The lowest BCUT2D eigenvalue weighted by molar-refractivity contribution is -0.126. The van der Waals surface area contributed by atoms with E-state index in [0.29, 0.717) is 12.5 Å². The van der Waals surface area contributed by atoms with E-state index in [0.717, 1.165) is 62.2 Å². The molecule has 1 aliphatic heterocycles. The topological polar surface area (TPSA) is 45.2 Å². The summed E-state index contributed by atoms with van der Waals surface area (Å²) in [5.74, 6) is 0.497. The lowest BCUT2D eigenvalue weighted by Gasteiger charge is -2.37. The molecule has 1 aliphatic carbocycles. The number of carbonyl (C=O) groups excluding carboxylic acids is 1. The molecule has 1 N–H and O–H groups in total. The van der Waals surface area contributed by atoms with Gasteiger partial charge in [0.1, 0.15) is 10.8 Å². The molecule has 150 valence electrons. The number of nitrogens with one attached hydrogen (secondary N) is 1. The largest absolute Gasteiger partial charge is 0.346 e. The van der Waals surface area contributed by atoms with Crippen LogP contribution in [0.3, 0.4) is 0 Å². The van der Waals surface area contributed by atoms with Gasteiger partial charge in [-0.1, -0.05) is 31.0 Å². The quantitative estimate of drug-likeness (QED) is 0.773. The Labute approximate surface area is 170 Å². The average Bonchev–Trinajstić information content (AvgIpc) is 3.42. The Morgan fingerprint density at radius 2 is 2.07 bits per heavy atom. The molecule has 2 aliphatic rings. The second kappa shape index (κ2) is 9.14. The van der Waals surface area contributed by atoms with Crippen LogP contribution in [0.25, 0.3) is 0 Å². The number of hydrogen-bond donors (Lipinski definition) is 1. The van der Waals surface area contributed by atoms with E-state index in [1.165, 1.54) is 6.07 Å². The Morgan fingerprint density at radius 1 is 1.25 bits per heavy atom. The van der Waals surface area contributed by atoms with Crippen LogP contribution < -0.4 is 5.32 Å². The molecule has 2 heterocycles. The van der Waals surface area contributed by atoms with Crippen molar-refractivity contribution in [3.8, 4) is 0 Å². The molecule has 1 aromatic heterocycles. The number of piperidine rings is 1. The highest BCUT2D eigenvalue weighted by Gasteiger charge is 2.33. The van der Waals surface area contributed by atoms with E-state index < -0.39 is 0 Å². The van der Waals surface area contributed by atoms with Gasteiger partial charge in [-0.2, -0.15) is 0 Å². The number of halogens is 1. The fourth-order valence-electron chi connectivity index (χ4n) is 4.60. The van der Waals surface area contributed by atoms with Crippen LogP contribution in [0.15, 0.2) is 35.8 Å². The number of likely N-dealkylation sites (tertiary alicyclic amines) is 1. The number of benzene rings is 1. The number of nitrogens with zero attached hydrogens (tertiary/aromatic N) is 2. The maximum absolute atomic E-state index is 14.1. The second-order valence-electron chi connectivity index (χ2n) is 8.07. The van der Waals surface area contributed by atoms with Crippen molar-refractivity contribution < 1.29 is 9.18 Å². The first-order chi connectivity index (χ1) is 13.7. The van der Waals surface area contributed by atoms with Gasteiger partial charge in [0.05, 0.1) is 6.04 Å². The van der Waals surface area contributed by atoms with E-state index >= 15 is 0 Å². The molecule has 2 aromatic rings. The van der Waals surface area contributed by atoms with Crippen LogP contribution in [0, 0.1) is 17.7 Å². The van der Waals surface area contributed by atoms with Gasteiger partial charge >= 0.3 is 0 Å². The summed E-state index contributed by atoms with van der Waals surface area (Å²) in [5.41, 5.74) is 0.740. The van der Waals surface area contributed by atoms with Crippen molar-refractivity contribution in [2.24, 2.45) is 11.8 Å². The predicted molar refractivity (Wildman–Crippen MR) is 109 cm³/mol. The molecule has 28 heavy (non-hydrogen) atoms. The number of aromatic nitrogens is 1. The van der Waals surface area contributed by atoms with Crippen molar-refractivity contribution >= 4 is 17.2 Å². The molecule has 1 amide bonds. The van der Waals surface area contributed by atoms with Gasteiger partial charge in [0.2, 0.25) is 5.91 Å². The third kappa shape index (κ3) is 4.61. The molecule has 2 atom stereocenters. The summed E-state index contributed by atoms with van der Waals surface area (Å²) in [7, 11) is 0. The van der Waals surface area contributed by atoms with Gasteiger partial charge in [-0.25, -0.2) is 9.37 Å². The van der Waals surface area contributed by atoms with E-state index in [2.05, 4.69) is 15.2 Å². The minimum absolute atomic E-state index is 0.0449. The number of hydrogen-bond acceptors (Lipinski definition) is 4. The van der Waals surface area contributed by atoms with Crippen molar-refractivity contribution in [1.29, 1.82) is 0 Å². The summed E-state index contributed by atoms with van der Waals surface area (Å²) in [6.07, 6.45) is 8.23. The third-order valence-corrected chi connectivity index (χ3v) is 6.96. The molecule has 1 saturated heterocycles. The maximum atomic E-state index is 14.1. The fraction of sp³-hybridized carbons (Fsp3) is 0.545. The average molecular weight is 402 g/mol. The van der Waals surface area contributed by atoms with E-state index in [1.54, 1.807) is 17.4 Å². The zero-order chi connectivity index (χ0) is 19.3. The maximum Gasteiger partial charge on any atom is 0.223 e. The normalized spacial score (nSPS) is 22.2. The second-order valence-corrected chi connectivity index (χ2v) is 8.99. The minimum atomic E-state index is -0.143. The van der Waals surface area contributed by atoms with Crippen LogP contribution >= 0.6 is 11.3 Å². The highest BCUT2D eigenvalue weighted by Crippen LogP contribution is 2.33. The first-order valence-corrected chi connectivity index (χ1v) is 11.2. The Bertz CT molecular complexity index is 776. The summed E-state index contributed by atoms with van der Waals surface area (Å²) in [6.45, 7) is 2.43. The van der Waals surface area contributed by atoms with Crippen LogP contribution in [0.4, 0.5) is 4.39 Å². The SMILES string of the molecule is O=C(N[C@H](c1nccs1)[C@H]1CCCN(Cc2ccccc2F)C1)C1CCCC1. The Balaban J connectivity index is 1.46. The van der Waals surface area contributed by atoms with Gasteiger partial charge in [-0.3, -0.25) is 9.69 Å². The number of thiazole rings is 1. The Kier molecular flexibility index (Phi) is 6.37. The highest BCUT2D eigenvalue weighted by atomic mass is 32.1. The molecule has 4 rings (SSSR count).